The first kappa shape index (κ1) is 25.6. The number of carbonyl (C=O) groups is 3. The first-order valence-corrected chi connectivity index (χ1v) is 11.9. The number of nitrogens with zero attached hydrogens (tertiary/aromatic N) is 2. The molecule has 3 rings (SSSR count). The molecule has 9 nitrogen and oxygen atoms in total. The Morgan fingerprint density at radius 1 is 1.00 bits per heavy atom. The first-order chi connectivity index (χ1) is 16.2. The number of hydrogen-bond acceptors (Lipinski definition) is 6. The molecule has 0 saturated carbocycles. The average Bonchev–Trinajstić information content (AvgIpc) is 3.25. The number of urea groups is 1. The Morgan fingerprint density at radius 3 is 2.21 bits per heavy atom. The summed E-state index contributed by atoms with van der Waals surface area (Å²) in [6, 6.07) is 4.35. The van der Waals surface area contributed by atoms with Gasteiger partial charge in [-0.25, -0.2) is 9.59 Å². The Hall–Kier alpha value is -2.97. The van der Waals surface area contributed by atoms with Gasteiger partial charge in [-0.1, -0.05) is 13.8 Å². The monoisotopic (exact) mass is 475 g/mol. The summed E-state index contributed by atoms with van der Waals surface area (Å²) in [6.45, 7) is 6.50. The maximum absolute atomic E-state index is 13.2. The number of amides is 3. The Kier molecular flexibility index (Phi) is 8.28. The van der Waals surface area contributed by atoms with Gasteiger partial charge in [0.25, 0.3) is 5.91 Å². The molecule has 1 aromatic carbocycles. The van der Waals surface area contributed by atoms with E-state index in [1.54, 1.807) is 37.3 Å². The van der Waals surface area contributed by atoms with Gasteiger partial charge in [-0.3, -0.25) is 4.79 Å². The summed E-state index contributed by atoms with van der Waals surface area (Å²) in [5, 5.41) is 2.86. The second-order valence-electron chi connectivity index (χ2n) is 9.68. The van der Waals surface area contributed by atoms with Crippen LogP contribution in [0.3, 0.4) is 0 Å². The fourth-order valence-corrected chi connectivity index (χ4v) is 4.92. The molecular formula is C25H37N3O6. The van der Waals surface area contributed by atoms with E-state index in [0.717, 1.165) is 19.3 Å². The van der Waals surface area contributed by atoms with Crippen LogP contribution in [0.5, 0.6) is 11.5 Å². The van der Waals surface area contributed by atoms with E-state index in [0.29, 0.717) is 49.7 Å². The van der Waals surface area contributed by atoms with Crippen molar-refractivity contribution in [3.63, 3.8) is 0 Å². The minimum atomic E-state index is -0.647. The second kappa shape index (κ2) is 11.0. The topological polar surface area (TPSA) is 97.4 Å². The van der Waals surface area contributed by atoms with Crippen LogP contribution >= 0.6 is 0 Å². The largest absolute Gasteiger partial charge is 0.497 e. The van der Waals surface area contributed by atoms with Crippen molar-refractivity contribution in [2.45, 2.75) is 45.6 Å². The van der Waals surface area contributed by atoms with Crippen LogP contribution in [0.1, 0.15) is 49.9 Å². The Labute approximate surface area is 201 Å². The highest BCUT2D eigenvalue weighted by Gasteiger charge is 2.43. The molecular weight excluding hydrogens is 438 g/mol. The molecule has 2 saturated heterocycles. The van der Waals surface area contributed by atoms with E-state index in [9.17, 15) is 14.4 Å². The van der Waals surface area contributed by atoms with E-state index >= 15 is 0 Å². The number of carbonyl (C=O) groups excluding carboxylic acids is 3. The van der Waals surface area contributed by atoms with Gasteiger partial charge in [0.2, 0.25) is 0 Å². The lowest BCUT2D eigenvalue weighted by Crippen LogP contribution is -2.49. The number of methoxy groups -OCH3 is 3. The number of ether oxygens (including phenoxy) is 3. The predicted octanol–water partition coefficient (Wildman–Crippen LogP) is 2.93. The maximum atomic E-state index is 13.2. The normalized spacial score (nSPS) is 18.1. The molecule has 3 amide bonds. The molecule has 188 valence electrons. The van der Waals surface area contributed by atoms with E-state index in [1.807, 2.05) is 18.7 Å². The molecule has 0 radical (unpaired) electrons. The van der Waals surface area contributed by atoms with Gasteiger partial charge in [-0.15, -0.1) is 0 Å². The summed E-state index contributed by atoms with van der Waals surface area (Å²) < 4.78 is 15.5. The lowest BCUT2D eigenvalue weighted by molar-refractivity contribution is -0.143. The highest BCUT2D eigenvalue weighted by molar-refractivity contribution is 5.97. The lowest BCUT2D eigenvalue weighted by Gasteiger charge is -2.39. The van der Waals surface area contributed by atoms with Gasteiger partial charge in [0.1, 0.15) is 17.5 Å². The zero-order valence-electron chi connectivity index (χ0n) is 20.9. The van der Waals surface area contributed by atoms with Crippen molar-refractivity contribution in [3.05, 3.63) is 23.8 Å². The van der Waals surface area contributed by atoms with Gasteiger partial charge in [0.05, 0.1) is 26.9 Å². The molecule has 1 unspecified atom stereocenters. The van der Waals surface area contributed by atoms with E-state index < -0.39 is 12.0 Å². The fraction of sp³-hybridized carbons (Fsp3) is 0.640. The fourth-order valence-electron chi connectivity index (χ4n) is 4.92. The van der Waals surface area contributed by atoms with E-state index in [-0.39, 0.29) is 23.3 Å². The van der Waals surface area contributed by atoms with E-state index in [4.69, 9.17) is 14.2 Å². The van der Waals surface area contributed by atoms with Crippen molar-refractivity contribution in [3.8, 4) is 11.5 Å². The van der Waals surface area contributed by atoms with Crippen molar-refractivity contribution in [2.75, 3.05) is 47.5 Å². The minimum absolute atomic E-state index is 0.00854. The number of benzene rings is 1. The summed E-state index contributed by atoms with van der Waals surface area (Å²) >= 11 is 0. The highest BCUT2D eigenvalue weighted by atomic mass is 16.5. The zero-order valence-corrected chi connectivity index (χ0v) is 20.9. The summed E-state index contributed by atoms with van der Waals surface area (Å²) in [4.78, 5) is 41.8. The smallest absolute Gasteiger partial charge is 0.328 e. The van der Waals surface area contributed by atoms with Gasteiger partial charge in [-0.2, -0.15) is 0 Å². The van der Waals surface area contributed by atoms with Crippen molar-refractivity contribution < 1.29 is 28.6 Å². The number of nitrogens with one attached hydrogen (secondary N) is 1. The van der Waals surface area contributed by atoms with Crippen LogP contribution in [0, 0.1) is 11.3 Å². The molecule has 0 aromatic heterocycles. The van der Waals surface area contributed by atoms with Gasteiger partial charge >= 0.3 is 12.0 Å². The molecule has 1 N–H and O–H groups in total. The van der Waals surface area contributed by atoms with Crippen LogP contribution < -0.4 is 14.8 Å². The third-order valence-corrected chi connectivity index (χ3v) is 6.96. The summed E-state index contributed by atoms with van der Waals surface area (Å²) in [5.41, 5.74) is 0.481. The van der Waals surface area contributed by atoms with Crippen LogP contribution in [0.4, 0.5) is 4.79 Å². The number of likely N-dealkylation sites (tertiary alicyclic amines) is 2. The van der Waals surface area contributed by atoms with Crippen molar-refractivity contribution in [2.24, 2.45) is 11.3 Å². The van der Waals surface area contributed by atoms with Crippen LogP contribution in [-0.4, -0.2) is 81.3 Å². The number of piperidine rings is 1. The molecule has 2 aliphatic rings. The lowest BCUT2D eigenvalue weighted by atomic mass is 9.77. The molecule has 2 aliphatic heterocycles. The van der Waals surface area contributed by atoms with Crippen LogP contribution in [0.2, 0.25) is 0 Å². The summed E-state index contributed by atoms with van der Waals surface area (Å²) in [6.07, 6.45) is 3.06. The Balaban J connectivity index is 1.59. The molecule has 9 heteroatoms. The van der Waals surface area contributed by atoms with Gasteiger partial charge in [0, 0.05) is 26.2 Å². The van der Waals surface area contributed by atoms with Gasteiger partial charge < -0.3 is 29.3 Å². The summed E-state index contributed by atoms with van der Waals surface area (Å²) in [5.74, 6) is 0.886. The molecule has 0 bridgehead atoms. The van der Waals surface area contributed by atoms with Gasteiger partial charge in [-0.05, 0) is 55.2 Å². The van der Waals surface area contributed by atoms with Gasteiger partial charge in [0.15, 0.2) is 0 Å². The van der Waals surface area contributed by atoms with Crippen LogP contribution in [0.15, 0.2) is 18.2 Å². The number of rotatable bonds is 7. The predicted molar refractivity (Wildman–Crippen MR) is 127 cm³/mol. The van der Waals surface area contributed by atoms with Crippen LogP contribution in [-0.2, 0) is 9.53 Å². The Morgan fingerprint density at radius 2 is 1.65 bits per heavy atom. The molecule has 1 spiro atoms. The van der Waals surface area contributed by atoms with Crippen molar-refractivity contribution >= 4 is 17.9 Å². The van der Waals surface area contributed by atoms with E-state index in [2.05, 4.69) is 5.32 Å². The molecule has 2 heterocycles. The third-order valence-electron chi connectivity index (χ3n) is 6.96. The first-order valence-electron chi connectivity index (χ1n) is 11.9. The summed E-state index contributed by atoms with van der Waals surface area (Å²) in [7, 11) is 4.45. The molecule has 0 aliphatic carbocycles. The Bertz CT molecular complexity index is 895. The SMILES string of the molecule is COC(=O)C(CC(C)C)NC(=O)N1CCC2(CCN(C(=O)c3cc(OC)ccc3OC)CC2)C1. The molecule has 2 fully saturated rings. The molecule has 34 heavy (non-hydrogen) atoms. The average molecular weight is 476 g/mol. The standard InChI is InChI=1S/C25H37N3O6/c1-17(2)14-20(23(30)34-5)26-24(31)28-13-10-25(16-28)8-11-27(12-9-25)22(29)19-15-18(32-3)6-7-21(19)33-4/h6-7,15,17,20H,8-14,16H2,1-5H3,(H,26,31). The van der Waals surface area contributed by atoms with Crippen molar-refractivity contribution in [1.82, 2.24) is 15.1 Å². The number of hydrogen-bond donors (Lipinski definition) is 1. The zero-order chi connectivity index (χ0) is 24.9. The molecule has 1 aromatic rings. The van der Waals surface area contributed by atoms with E-state index in [1.165, 1.54) is 7.11 Å². The number of esters is 1. The van der Waals surface area contributed by atoms with Crippen LogP contribution in [0.25, 0.3) is 0 Å². The highest BCUT2D eigenvalue weighted by Crippen LogP contribution is 2.41. The van der Waals surface area contributed by atoms with Crippen molar-refractivity contribution in [1.29, 1.82) is 0 Å². The third kappa shape index (κ3) is 5.74. The minimum Gasteiger partial charge on any atom is -0.497 e. The maximum Gasteiger partial charge on any atom is 0.328 e. The molecule has 1 atom stereocenters. The second-order valence-corrected chi connectivity index (χ2v) is 9.68. The quantitative estimate of drug-likeness (QED) is 0.609.